The molecule has 3 nitrogen and oxygen atoms in total. The molecule has 1 aliphatic rings. The Balaban J connectivity index is 2.15. The molecule has 0 spiro atoms. The Bertz CT molecular complexity index is 486. The summed E-state index contributed by atoms with van der Waals surface area (Å²) in [7, 11) is 0. The Labute approximate surface area is 126 Å². The third kappa shape index (κ3) is 3.09. The molecule has 1 aliphatic heterocycles. The van der Waals surface area contributed by atoms with Gasteiger partial charge in [-0.3, -0.25) is 4.99 Å². The second-order valence-electron chi connectivity index (χ2n) is 5.77. The number of benzene rings is 1. The first kappa shape index (κ1) is 15.2. The lowest BCUT2D eigenvalue weighted by Crippen LogP contribution is -2.50. The van der Waals surface area contributed by atoms with Crippen molar-refractivity contribution in [1.82, 2.24) is 0 Å². The number of halogens is 1. The molecule has 0 fully saturated rings. The van der Waals surface area contributed by atoms with E-state index in [1.807, 2.05) is 24.3 Å². The van der Waals surface area contributed by atoms with Gasteiger partial charge in [-0.25, -0.2) is 0 Å². The fourth-order valence-electron chi connectivity index (χ4n) is 2.84. The molecule has 1 heterocycles. The lowest BCUT2D eigenvalue weighted by Gasteiger charge is -2.36. The van der Waals surface area contributed by atoms with E-state index < -0.39 is 0 Å². The number of unbranched alkanes of at least 4 members (excludes halogenated alkanes) is 3. The molecular formula is C16H24ClN3. The van der Waals surface area contributed by atoms with Gasteiger partial charge in [0.15, 0.2) is 5.96 Å². The zero-order chi connectivity index (χ0) is 14.6. The van der Waals surface area contributed by atoms with E-state index in [4.69, 9.17) is 17.3 Å². The van der Waals surface area contributed by atoms with E-state index in [0.29, 0.717) is 5.96 Å². The number of nitrogens with two attached hydrogens (primary N) is 1. The van der Waals surface area contributed by atoms with E-state index in [-0.39, 0.29) is 5.54 Å². The quantitative estimate of drug-likeness (QED) is 0.799. The summed E-state index contributed by atoms with van der Waals surface area (Å²) in [5, 5.41) is 0.729. The number of rotatable bonds is 6. The van der Waals surface area contributed by atoms with Crippen molar-refractivity contribution in [2.45, 2.75) is 51.5 Å². The zero-order valence-corrected chi connectivity index (χ0v) is 13.2. The smallest absolute Gasteiger partial charge is 0.196 e. The largest absolute Gasteiger partial charge is 0.369 e. The highest BCUT2D eigenvalue weighted by Crippen LogP contribution is 2.36. The van der Waals surface area contributed by atoms with Gasteiger partial charge in [0.05, 0.1) is 22.8 Å². The summed E-state index contributed by atoms with van der Waals surface area (Å²) in [6.45, 7) is 5.20. The Hall–Kier alpha value is -1.22. The zero-order valence-electron chi connectivity index (χ0n) is 12.4. The predicted molar refractivity (Wildman–Crippen MR) is 87.6 cm³/mol. The Morgan fingerprint density at radius 1 is 1.30 bits per heavy atom. The van der Waals surface area contributed by atoms with Crippen LogP contribution in [0.3, 0.4) is 0 Å². The molecule has 20 heavy (non-hydrogen) atoms. The molecule has 0 saturated carbocycles. The lowest BCUT2D eigenvalue weighted by atomic mass is 9.92. The SMILES string of the molecule is CCCCCCC1(C)CN=C(N)N1c1ccccc1Cl. The van der Waals surface area contributed by atoms with Gasteiger partial charge >= 0.3 is 0 Å². The minimum Gasteiger partial charge on any atom is -0.369 e. The fraction of sp³-hybridized carbons (Fsp3) is 0.562. The monoisotopic (exact) mass is 293 g/mol. The summed E-state index contributed by atoms with van der Waals surface area (Å²) in [5.74, 6) is 0.580. The van der Waals surface area contributed by atoms with Gasteiger partial charge in [-0.05, 0) is 25.5 Å². The highest BCUT2D eigenvalue weighted by molar-refractivity contribution is 6.34. The number of para-hydroxylation sites is 1. The van der Waals surface area contributed by atoms with E-state index >= 15 is 0 Å². The first-order valence-corrected chi connectivity index (χ1v) is 7.81. The highest BCUT2D eigenvalue weighted by atomic mass is 35.5. The number of aliphatic imine (C=N–C) groups is 1. The summed E-state index contributed by atoms with van der Waals surface area (Å²) in [4.78, 5) is 6.56. The van der Waals surface area contributed by atoms with Crippen LogP contribution in [0.15, 0.2) is 29.3 Å². The van der Waals surface area contributed by atoms with Crippen molar-refractivity contribution < 1.29 is 0 Å². The summed E-state index contributed by atoms with van der Waals surface area (Å²) in [6, 6.07) is 7.85. The van der Waals surface area contributed by atoms with E-state index in [2.05, 4.69) is 23.7 Å². The van der Waals surface area contributed by atoms with Crippen LogP contribution in [-0.4, -0.2) is 18.0 Å². The number of hydrogen-bond donors (Lipinski definition) is 1. The minimum atomic E-state index is -0.0528. The van der Waals surface area contributed by atoms with Gasteiger partial charge in [0.2, 0.25) is 0 Å². The molecule has 0 aromatic heterocycles. The van der Waals surface area contributed by atoms with Crippen molar-refractivity contribution in [3.8, 4) is 0 Å². The van der Waals surface area contributed by atoms with E-state index in [1.165, 1.54) is 25.7 Å². The van der Waals surface area contributed by atoms with Gasteiger partial charge in [0.1, 0.15) is 0 Å². The average molecular weight is 294 g/mol. The number of anilines is 1. The Kier molecular flexibility index (Phi) is 4.92. The standard InChI is InChI=1S/C16H24ClN3/c1-3-4-5-8-11-16(2)12-19-15(18)20(16)14-10-7-6-9-13(14)17/h6-7,9-10H,3-5,8,11-12H2,1-2H3,(H2,18,19). The number of nitrogens with zero attached hydrogens (tertiary/aromatic N) is 2. The fourth-order valence-corrected chi connectivity index (χ4v) is 3.06. The molecule has 0 bridgehead atoms. The molecule has 0 amide bonds. The predicted octanol–water partition coefficient (Wildman–Crippen LogP) is 4.20. The van der Waals surface area contributed by atoms with Crippen LogP contribution in [0.4, 0.5) is 5.69 Å². The maximum Gasteiger partial charge on any atom is 0.196 e. The summed E-state index contributed by atoms with van der Waals surface area (Å²) in [6.07, 6.45) is 6.10. The maximum atomic E-state index is 6.33. The van der Waals surface area contributed by atoms with Gasteiger partial charge in [0, 0.05) is 0 Å². The Morgan fingerprint density at radius 3 is 2.75 bits per heavy atom. The van der Waals surface area contributed by atoms with Gasteiger partial charge < -0.3 is 10.6 Å². The lowest BCUT2D eigenvalue weighted by molar-refractivity contribution is 0.435. The van der Waals surface area contributed by atoms with Crippen molar-refractivity contribution in [1.29, 1.82) is 0 Å². The minimum absolute atomic E-state index is 0.0528. The van der Waals surface area contributed by atoms with Crippen molar-refractivity contribution >= 4 is 23.2 Å². The molecule has 0 saturated heterocycles. The second kappa shape index (κ2) is 6.49. The molecule has 1 aromatic carbocycles. The third-order valence-corrected chi connectivity index (χ3v) is 4.33. The van der Waals surface area contributed by atoms with Crippen LogP contribution in [-0.2, 0) is 0 Å². The third-order valence-electron chi connectivity index (χ3n) is 4.01. The van der Waals surface area contributed by atoms with Crippen molar-refractivity contribution in [2.24, 2.45) is 10.7 Å². The van der Waals surface area contributed by atoms with E-state index in [9.17, 15) is 0 Å². The van der Waals surface area contributed by atoms with Gasteiger partial charge in [-0.1, -0.05) is 56.3 Å². The first-order valence-electron chi connectivity index (χ1n) is 7.43. The Morgan fingerprint density at radius 2 is 2.05 bits per heavy atom. The van der Waals surface area contributed by atoms with Gasteiger partial charge in [-0.15, -0.1) is 0 Å². The first-order chi connectivity index (χ1) is 9.58. The topological polar surface area (TPSA) is 41.6 Å². The molecule has 0 aliphatic carbocycles. The molecule has 1 unspecified atom stereocenters. The molecule has 2 rings (SSSR count). The van der Waals surface area contributed by atoms with Crippen molar-refractivity contribution in [2.75, 3.05) is 11.4 Å². The van der Waals surface area contributed by atoms with Crippen LogP contribution in [0.1, 0.15) is 46.0 Å². The van der Waals surface area contributed by atoms with E-state index in [0.717, 1.165) is 23.7 Å². The van der Waals surface area contributed by atoms with Crippen molar-refractivity contribution in [3.63, 3.8) is 0 Å². The van der Waals surface area contributed by atoms with Crippen LogP contribution in [0.5, 0.6) is 0 Å². The summed E-state index contributed by atoms with van der Waals surface area (Å²) < 4.78 is 0. The molecule has 0 radical (unpaired) electrons. The second-order valence-corrected chi connectivity index (χ2v) is 6.18. The van der Waals surface area contributed by atoms with E-state index in [1.54, 1.807) is 0 Å². The summed E-state index contributed by atoms with van der Waals surface area (Å²) >= 11 is 6.33. The molecular weight excluding hydrogens is 270 g/mol. The highest BCUT2D eigenvalue weighted by Gasteiger charge is 2.39. The van der Waals surface area contributed by atoms with Crippen molar-refractivity contribution in [3.05, 3.63) is 29.3 Å². The maximum absolute atomic E-state index is 6.33. The molecule has 110 valence electrons. The molecule has 1 atom stereocenters. The average Bonchev–Trinajstić information content (AvgIpc) is 2.72. The van der Waals surface area contributed by atoms with Crippen LogP contribution in [0.25, 0.3) is 0 Å². The van der Waals surface area contributed by atoms with Gasteiger partial charge in [0.25, 0.3) is 0 Å². The normalized spacial score (nSPS) is 22.1. The summed E-state index contributed by atoms with van der Waals surface area (Å²) in [5.41, 5.74) is 7.01. The molecule has 4 heteroatoms. The number of hydrogen-bond acceptors (Lipinski definition) is 3. The van der Waals surface area contributed by atoms with Crippen LogP contribution < -0.4 is 10.6 Å². The van der Waals surface area contributed by atoms with Crippen LogP contribution in [0.2, 0.25) is 5.02 Å². The molecule has 2 N–H and O–H groups in total. The van der Waals surface area contributed by atoms with Crippen LogP contribution in [0, 0.1) is 0 Å². The number of guanidine groups is 1. The molecule has 1 aromatic rings. The van der Waals surface area contributed by atoms with Gasteiger partial charge in [-0.2, -0.15) is 0 Å². The van der Waals surface area contributed by atoms with Crippen LogP contribution >= 0.6 is 11.6 Å².